The molecule has 5 nitrogen and oxygen atoms in total. The molecule has 0 N–H and O–H groups in total. The van der Waals surface area contributed by atoms with Crippen molar-refractivity contribution >= 4 is 10.2 Å². The van der Waals surface area contributed by atoms with Crippen LogP contribution in [0.4, 0.5) is 0 Å². The van der Waals surface area contributed by atoms with E-state index in [-0.39, 0.29) is 6.04 Å². The van der Waals surface area contributed by atoms with Gasteiger partial charge in [0.2, 0.25) is 0 Å². The summed E-state index contributed by atoms with van der Waals surface area (Å²) >= 11 is 0. The highest BCUT2D eigenvalue weighted by Gasteiger charge is 2.37. The lowest BCUT2D eigenvalue weighted by atomic mass is 10.0. The summed E-state index contributed by atoms with van der Waals surface area (Å²) in [7, 11) is -1.71. The number of para-hydroxylation sites is 1. The molecule has 0 bridgehead atoms. The van der Waals surface area contributed by atoms with E-state index in [4.69, 9.17) is 4.74 Å². The Hall–Kier alpha value is -1.11. The van der Waals surface area contributed by atoms with Gasteiger partial charge in [-0.2, -0.15) is 17.0 Å². The fraction of sp³-hybridized carbons (Fsp3) is 0.625. The standard InChI is InChI=1S/C16H26N2O3S/c1-4-17(5-2)22(19,20)18-12-8-10-15(18)13-14-9-6-7-11-16(14)21-3/h6-7,9,11,15H,4-5,8,10,12-13H2,1-3H3. The second-order valence-electron chi connectivity index (χ2n) is 5.51. The Bertz CT molecular complexity index is 585. The van der Waals surface area contributed by atoms with Gasteiger partial charge in [0.05, 0.1) is 7.11 Å². The van der Waals surface area contributed by atoms with Crippen molar-refractivity contribution in [2.45, 2.75) is 39.2 Å². The van der Waals surface area contributed by atoms with E-state index in [1.165, 1.54) is 4.31 Å². The summed E-state index contributed by atoms with van der Waals surface area (Å²) in [5.74, 6) is 0.828. The lowest BCUT2D eigenvalue weighted by Crippen LogP contribution is -2.46. The van der Waals surface area contributed by atoms with Gasteiger partial charge in [-0.1, -0.05) is 32.0 Å². The summed E-state index contributed by atoms with van der Waals surface area (Å²) < 4.78 is 34.1. The molecule has 1 heterocycles. The highest BCUT2D eigenvalue weighted by Crippen LogP contribution is 2.28. The van der Waals surface area contributed by atoms with Crippen LogP contribution in [0.25, 0.3) is 0 Å². The molecule has 1 fully saturated rings. The van der Waals surface area contributed by atoms with E-state index >= 15 is 0 Å². The van der Waals surface area contributed by atoms with Crippen molar-refractivity contribution in [1.29, 1.82) is 0 Å². The summed E-state index contributed by atoms with van der Waals surface area (Å²) in [6.45, 7) is 5.39. The Morgan fingerprint density at radius 1 is 1.27 bits per heavy atom. The molecule has 1 aliphatic rings. The summed E-state index contributed by atoms with van der Waals surface area (Å²) in [6.07, 6.45) is 2.52. The van der Waals surface area contributed by atoms with Crippen LogP contribution in [0, 0.1) is 0 Å². The van der Waals surface area contributed by atoms with Gasteiger partial charge in [0.15, 0.2) is 0 Å². The smallest absolute Gasteiger partial charge is 0.282 e. The molecule has 1 aromatic rings. The quantitative estimate of drug-likeness (QED) is 0.772. The molecule has 124 valence electrons. The van der Waals surface area contributed by atoms with E-state index in [2.05, 4.69) is 0 Å². The van der Waals surface area contributed by atoms with Gasteiger partial charge in [0, 0.05) is 25.7 Å². The SMILES string of the molecule is CCN(CC)S(=O)(=O)N1CCCC1Cc1ccccc1OC. The molecule has 0 spiro atoms. The van der Waals surface area contributed by atoms with Crippen LogP contribution in [0.5, 0.6) is 5.75 Å². The third kappa shape index (κ3) is 3.45. The zero-order valence-electron chi connectivity index (χ0n) is 13.7. The van der Waals surface area contributed by atoms with Crippen molar-refractivity contribution in [3.05, 3.63) is 29.8 Å². The number of nitrogens with zero attached hydrogens (tertiary/aromatic N) is 2. The van der Waals surface area contributed by atoms with Crippen molar-refractivity contribution in [2.24, 2.45) is 0 Å². The van der Waals surface area contributed by atoms with Crippen molar-refractivity contribution < 1.29 is 13.2 Å². The van der Waals surface area contributed by atoms with E-state index in [1.807, 2.05) is 38.1 Å². The highest BCUT2D eigenvalue weighted by atomic mass is 32.2. The Morgan fingerprint density at radius 3 is 2.59 bits per heavy atom. The molecule has 1 saturated heterocycles. The predicted molar refractivity (Wildman–Crippen MR) is 88.3 cm³/mol. The maximum Gasteiger partial charge on any atom is 0.282 e. The van der Waals surface area contributed by atoms with Crippen molar-refractivity contribution in [3.63, 3.8) is 0 Å². The molecule has 6 heteroatoms. The van der Waals surface area contributed by atoms with Crippen molar-refractivity contribution in [2.75, 3.05) is 26.7 Å². The molecule has 0 aliphatic carbocycles. The topological polar surface area (TPSA) is 49.9 Å². The Kier molecular flexibility index (Phi) is 5.83. The molecule has 0 radical (unpaired) electrons. The van der Waals surface area contributed by atoms with Gasteiger partial charge in [-0.05, 0) is 30.9 Å². The van der Waals surface area contributed by atoms with Gasteiger partial charge < -0.3 is 4.74 Å². The van der Waals surface area contributed by atoms with Crippen LogP contribution in [-0.4, -0.2) is 49.8 Å². The van der Waals surface area contributed by atoms with Gasteiger partial charge in [0.25, 0.3) is 10.2 Å². The van der Waals surface area contributed by atoms with Crippen LogP contribution < -0.4 is 4.74 Å². The lowest BCUT2D eigenvalue weighted by Gasteiger charge is -2.30. The first-order chi connectivity index (χ1) is 10.5. The minimum absolute atomic E-state index is 0.0156. The molecule has 1 atom stereocenters. The summed E-state index contributed by atoms with van der Waals surface area (Å²) in [6, 6.07) is 7.85. The van der Waals surface area contributed by atoms with E-state index in [0.29, 0.717) is 26.1 Å². The Labute approximate surface area is 134 Å². The summed E-state index contributed by atoms with van der Waals surface area (Å²) in [5.41, 5.74) is 1.07. The van der Waals surface area contributed by atoms with Gasteiger partial charge in [-0.25, -0.2) is 0 Å². The number of hydrogen-bond donors (Lipinski definition) is 0. The van der Waals surface area contributed by atoms with Crippen molar-refractivity contribution in [1.82, 2.24) is 8.61 Å². The lowest BCUT2D eigenvalue weighted by molar-refractivity contribution is 0.330. The fourth-order valence-corrected chi connectivity index (χ4v) is 5.01. The number of ether oxygens (including phenoxy) is 1. The van der Waals surface area contributed by atoms with Crippen LogP contribution in [0.3, 0.4) is 0 Å². The second kappa shape index (κ2) is 7.44. The minimum Gasteiger partial charge on any atom is -0.496 e. The van der Waals surface area contributed by atoms with Gasteiger partial charge >= 0.3 is 0 Å². The third-order valence-corrected chi connectivity index (χ3v) is 6.54. The normalized spacial score (nSPS) is 19.7. The number of hydrogen-bond acceptors (Lipinski definition) is 3. The van der Waals surface area contributed by atoms with E-state index in [0.717, 1.165) is 24.2 Å². The number of benzene rings is 1. The maximum absolute atomic E-state index is 12.8. The molecular formula is C16H26N2O3S. The van der Waals surface area contributed by atoms with Crippen LogP contribution in [-0.2, 0) is 16.6 Å². The molecular weight excluding hydrogens is 300 g/mol. The molecule has 1 unspecified atom stereocenters. The highest BCUT2D eigenvalue weighted by molar-refractivity contribution is 7.86. The van der Waals surface area contributed by atoms with Crippen LogP contribution in [0.2, 0.25) is 0 Å². The average molecular weight is 326 g/mol. The van der Waals surface area contributed by atoms with Gasteiger partial charge in [0.1, 0.15) is 5.75 Å². The predicted octanol–water partition coefficient (Wildman–Crippen LogP) is 2.29. The Balaban J connectivity index is 2.21. The largest absolute Gasteiger partial charge is 0.496 e. The van der Waals surface area contributed by atoms with E-state index in [1.54, 1.807) is 11.4 Å². The van der Waals surface area contributed by atoms with Crippen LogP contribution >= 0.6 is 0 Å². The number of rotatable bonds is 7. The molecule has 0 saturated carbocycles. The molecule has 22 heavy (non-hydrogen) atoms. The van der Waals surface area contributed by atoms with Gasteiger partial charge in [-0.15, -0.1) is 0 Å². The minimum atomic E-state index is -3.36. The van der Waals surface area contributed by atoms with Crippen LogP contribution in [0.15, 0.2) is 24.3 Å². The Morgan fingerprint density at radius 2 is 1.95 bits per heavy atom. The van der Waals surface area contributed by atoms with E-state index in [9.17, 15) is 8.42 Å². The zero-order valence-corrected chi connectivity index (χ0v) is 14.5. The van der Waals surface area contributed by atoms with Crippen molar-refractivity contribution in [3.8, 4) is 5.75 Å². The molecule has 1 aromatic carbocycles. The van der Waals surface area contributed by atoms with Crippen LogP contribution in [0.1, 0.15) is 32.3 Å². The monoisotopic (exact) mass is 326 g/mol. The van der Waals surface area contributed by atoms with E-state index < -0.39 is 10.2 Å². The molecule has 0 amide bonds. The third-order valence-electron chi connectivity index (χ3n) is 4.30. The first-order valence-electron chi connectivity index (χ1n) is 7.93. The average Bonchev–Trinajstić information content (AvgIpc) is 2.98. The second-order valence-corrected chi connectivity index (χ2v) is 7.40. The number of methoxy groups -OCH3 is 1. The zero-order chi connectivity index (χ0) is 16.2. The fourth-order valence-electron chi connectivity index (χ4n) is 3.14. The first-order valence-corrected chi connectivity index (χ1v) is 9.33. The first kappa shape index (κ1) is 17.2. The summed E-state index contributed by atoms with van der Waals surface area (Å²) in [5, 5.41) is 0. The summed E-state index contributed by atoms with van der Waals surface area (Å²) in [4.78, 5) is 0. The molecule has 2 rings (SSSR count). The molecule has 0 aromatic heterocycles. The maximum atomic E-state index is 12.8. The van der Waals surface area contributed by atoms with Gasteiger partial charge in [-0.3, -0.25) is 0 Å². The molecule has 1 aliphatic heterocycles.